The summed E-state index contributed by atoms with van der Waals surface area (Å²) in [6.45, 7) is 5.79. The molecule has 1 aromatic rings. The summed E-state index contributed by atoms with van der Waals surface area (Å²) in [6.07, 6.45) is 7.74. The van der Waals surface area contributed by atoms with Gasteiger partial charge in [0.1, 0.15) is 6.54 Å². The molecule has 0 spiro atoms. The van der Waals surface area contributed by atoms with E-state index in [1.807, 2.05) is 0 Å². The van der Waals surface area contributed by atoms with E-state index in [9.17, 15) is 4.79 Å². The van der Waals surface area contributed by atoms with Gasteiger partial charge in [-0.05, 0) is 12.3 Å². The third kappa shape index (κ3) is 7.23. The largest absolute Gasteiger partial charge is 0.354 e. The lowest BCUT2D eigenvalue weighted by molar-refractivity contribution is -0.121. The van der Waals surface area contributed by atoms with Crippen molar-refractivity contribution in [3.8, 4) is 0 Å². The zero-order valence-corrected chi connectivity index (χ0v) is 12.6. The van der Waals surface area contributed by atoms with E-state index in [0.717, 1.165) is 18.9 Å². The minimum absolute atomic E-state index is 0.0272. The number of rotatable bonds is 10. The summed E-state index contributed by atoms with van der Waals surface area (Å²) in [5, 5.41) is 10.6. The highest BCUT2D eigenvalue weighted by Crippen LogP contribution is 2.08. The third-order valence-corrected chi connectivity index (χ3v) is 3.13. The number of nitrogens with zero attached hydrogens (tertiary/aromatic N) is 3. The third-order valence-electron chi connectivity index (χ3n) is 3.13. The van der Waals surface area contributed by atoms with Gasteiger partial charge in [-0.1, -0.05) is 44.7 Å². The highest BCUT2D eigenvalue weighted by atomic mass is 16.2. The topological polar surface area (TPSA) is 85.8 Å². The number of nitrogens with one attached hydrogen (secondary N) is 1. The number of nitrogens with two attached hydrogens (primary N) is 1. The summed E-state index contributed by atoms with van der Waals surface area (Å²) in [5.41, 5.74) is 6.13. The molecule has 1 heterocycles. The SMILES string of the molecule is CC(C)CCCCCCNC(=O)Cn1cc(CN)nn1. The molecule has 1 rings (SSSR count). The Hall–Kier alpha value is -1.43. The van der Waals surface area contributed by atoms with Crippen LogP contribution < -0.4 is 11.1 Å². The van der Waals surface area contributed by atoms with Crippen LogP contribution in [0, 0.1) is 5.92 Å². The first-order chi connectivity index (χ1) is 9.61. The molecule has 6 heteroatoms. The van der Waals surface area contributed by atoms with E-state index in [-0.39, 0.29) is 12.5 Å². The van der Waals surface area contributed by atoms with Gasteiger partial charge >= 0.3 is 0 Å². The summed E-state index contributed by atoms with van der Waals surface area (Å²) >= 11 is 0. The van der Waals surface area contributed by atoms with E-state index in [1.54, 1.807) is 6.20 Å². The quantitative estimate of drug-likeness (QED) is 0.636. The van der Waals surface area contributed by atoms with Crippen molar-refractivity contribution in [1.29, 1.82) is 0 Å². The van der Waals surface area contributed by atoms with Crippen LogP contribution in [0.1, 0.15) is 51.6 Å². The maximum atomic E-state index is 11.7. The van der Waals surface area contributed by atoms with Gasteiger partial charge in [0.25, 0.3) is 0 Å². The molecule has 6 nitrogen and oxygen atoms in total. The summed E-state index contributed by atoms with van der Waals surface area (Å²) in [5.74, 6) is 0.761. The molecular weight excluding hydrogens is 254 g/mol. The van der Waals surface area contributed by atoms with Crippen LogP contribution in [-0.4, -0.2) is 27.4 Å². The number of aromatic nitrogens is 3. The lowest BCUT2D eigenvalue weighted by Crippen LogP contribution is -2.28. The second kappa shape index (κ2) is 9.47. The number of unbranched alkanes of at least 4 members (excludes halogenated alkanes) is 3. The molecule has 1 aromatic heterocycles. The summed E-state index contributed by atoms with van der Waals surface area (Å²) in [4.78, 5) is 11.7. The zero-order valence-electron chi connectivity index (χ0n) is 12.6. The fourth-order valence-electron chi connectivity index (χ4n) is 1.97. The monoisotopic (exact) mass is 281 g/mol. The minimum atomic E-state index is -0.0272. The van der Waals surface area contributed by atoms with Crippen LogP contribution in [0.4, 0.5) is 0 Å². The Kier molecular flexibility index (Phi) is 7.87. The number of carbonyl (C=O) groups is 1. The molecule has 0 unspecified atom stereocenters. The Balaban J connectivity index is 2.03. The van der Waals surface area contributed by atoms with Gasteiger partial charge in [-0.25, -0.2) is 4.68 Å². The molecule has 0 atom stereocenters. The molecule has 0 radical (unpaired) electrons. The molecule has 0 bridgehead atoms. The van der Waals surface area contributed by atoms with E-state index < -0.39 is 0 Å². The van der Waals surface area contributed by atoms with E-state index in [1.165, 1.54) is 30.4 Å². The Morgan fingerprint density at radius 2 is 2.10 bits per heavy atom. The zero-order chi connectivity index (χ0) is 14.8. The number of amides is 1. The molecule has 0 saturated carbocycles. The van der Waals surface area contributed by atoms with Crippen LogP contribution in [0.3, 0.4) is 0 Å². The Morgan fingerprint density at radius 1 is 1.35 bits per heavy atom. The summed E-state index contributed by atoms with van der Waals surface area (Å²) in [7, 11) is 0. The summed E-state index contributed by atoms with van der Waals surface area (Å²) in [6, 6.07) is 0. The van der Waals surface area contributed by atoms with Crippen molar-refractivity contribution in [2.24, 2.45) is 11.7 Å². The van der Waals surface area contributed by atoms with Crippen LogP contribution in [0.25, 0.3) is 0 Å². The fraction of sp³-hybridized carbons (Fsp3) is 0.786. The van der Waals surface area contributed by atoms with Gasteiger partial charge in [0.05, 0.1) is 11.9 Å². The lowest BCUT2D eigenvalue weighted by atomic mass is 10.0. The van der Waals surface area contributed by atoms with E-state index in [4.69, 9.17) is 5.73 Å². The molecule has 0 saturated heterocycles. The molecule has 0 fully saturated rings. The van der Waals surface area contributed by atoms with Gasteiger partial charge in [-0.2, -0.15) is 0 Å². The van der Waals surface area contributed by atoms with Crippen LogP contribution in [0.5, 0.6) is 0 Å². The van der Waals surface area contributed by atoms with Crippen molar-refractivity contribution in [3.05, 3.63) is 11.9 Å². The first kappa shape index (κ1) is 16.6. The molecule has 0 aromatic carbocycles. The predicted octanol–water partition coefficient (Wildman–Crippen LogP) is 1.46. The van der Waals surface area contributed by atoms with Crippen molar-refractivity contribution in [2.75, 3.05) is 6.54 Å². The molecule has 20 heavy (non-hydrogen) atoms. The molecule has 0 aliphatic heterocycles. The number of carbonyl (C=O) groups excluding carboxylic acids is 1. The van der Waals surface area contributed by atoms with Crippen LogP contribution in [-0.2, 0) is 17.9 Å². The van der Waals surface area contributed by atoms with Crippen LogP contribution >= 0.6 is 0 Å². The fourth-order valence-corrected chi connectivity index (χ4v) is 1.97. The van der Waals surface area contributed by atoms with Gasteiger partial charge in [0.2, 0.25) is 5.91 Å². The standard InChI is InChI=1S/C14H27N5O/c1-12(2)7-5-3-4-6-8-16-14(20)11-19-10-13(9-15)17-18-19/h10,12H,3-9,11,15H2,1-2H3,(H,16,20). The predicted molar refractivity (Wildman–Crippen MR) is 78.8 cm³/mol. The van der Waals surface area contributed by atoms with Gasteiger partial charge < -0.3 is 11.1 Å². The van der Waals surface area contributed by atoms with Crippen LogP contribution in [0.2, 0.25) is 0 Å². The van der Waals surface area contributed by atoms with Gasteiger partial charge in [0.15, 0.2) is 0 Å². The van der Waals surface area contributed by atoms with Crippen molar-refractivity contribution in [1.82, 2.24) is 20.3 Å². The first-order valence-corrected chi connectivity index (χ1v) is 7.47. The van der Waals surface area contributed by atoms with Crippen molar-refractivity contribution >= 4 is 5.91 Å². The Morgan fingerprint density at radius 3 is 2.75 bits per heavy atom. The van der Waals surface area contributed by atoms with Crippen molar-refractivity contribution in [3.63, 3.8) is 0 Å². The normalized spacial score (nSPS) is 11.0. The van der Waals surface area contributed by atoms with Gasteiger partial charge in [-0.15, -0.1) is 5.10 Å². The maximum Gasteiger partial charge on any atom is 0.241 e. The average molecular weight is 281 g/mol. The Bertz CT molecular complexity index is 389. The van der Waals surface area contributed by atoms with Crippen LogP contribution in [0.15, 0.2) is 6.20 Å². The number of hydrogen-bond donors (Lipinski definition) is 2. The maximum absolute atomic E-state index is 11.7. The first-order valence-electron chi connectivity index (χ1n) is 7.47. The van der Waals surface area contributed by atoms with Crippen molar-refractivity contribution in [2.45, 2.75) is 59.0 Å². The lowest BCUT2D eigenvalue weighted by Gasteiger charge is -2.06. The van der Waals surface area contributed by atoms with Gasteiger partial charge in [0, 0.05) is 13.1 Å². The summed E-state index contributed by atoms with van der Waals surface area (Å²) < 4.78 is 1.51. The molecule has 3 N–H and O–H groups in total. The highest BCUT2D eigenvalue weighted by Gasteiger charge is 2.04. The molecule has 114 valence electrons. The second-order valence-corrected chi connectivity index (χ2v) is 5.56. The molecule has 0 aliphatic rings. The van der Waals surface area contributed by atoms with Crippen molar-refractivity contribution < 1.29 is 4.79 Å². The van der Waals surface area contributed by atoms with E-state index in [0.29, 0.717) is 12.2 Å². The minimum Gasteiger partial charge on any atom is -0.354 e. The average Bonchev–Trinajstić information content (AvgIpc) is 2.85. The highest BCUT2D eigenvalue weighted by molar-refractivity contribution is 5.75. The smallest absolute Gasteiger partial charge is 0.241 e. The van der Waals surface area contributed by atoms with E-state index >= 15 is 0 Å². The molecular formula is C14H27N5O. The number of hydrogen-bond acceptors (Lipinski definition) is 4. The molecule has 1 amide bonds. The second-order valence-electron chi connectivity index (χ2n) is 5.56. The van der Waals surface area contributed by atoms with E-state index in [2.05, 4.69) is 29.5 Å². The Labute approximate surface area is 121 Å². The van der Waals surface area contributed by atoms with Gasteiger partial charge in [-0.3, -0.25) is 4.79 Å². The molecule has 0 aliphatic carbocycles.